The molecule has 4 aromatic rings. The van der Waals surface area contributed by atoms with Crippen molar-refractivity contribution in [3.8, 4) is 16.3 Å². The number of hydrogen-bond acceptors (Lipinski definition) is 6. The highest BCUT2D eigenvalue weighted by molar-refractivity contribution is 7.21. The van der Waals surface area contributed by atoms with Crippen LogP contribution in [0.5, 0.6) is 5.75 Å². The van der Waals surface area contributed by atoms with Gasteiger partial charge in [-0.25, -0.2) is 4.98 Å². The predicted molar refractivity (Wildman–Crippen MR) is 114 cm³/mol. The monoisotopic (exact) mass is 389 g/mol. The first-order valence-electron chi connectivity index (χ1n) is 8.85. The number of pyridine rings is 1. The Bertz CT molecular complexity index is 1180. The maximum Gasteiger partial charge on any atom is 0.145 e. The summed E-state index contributed by atoms with van der Waals surface area (Å²) in [6, 6.07) is 14.1. The molecule has 0 radical (unpaired) electrons. The van der Waals surface area contributed by atoms with Crippen LogP contribution in [0.25, 0.3) is 20.8 Å². The van der Waals surface area contributed by atoms with E-state index in [0.717, 1.165) is 21.8 Å². The van der Waals surface area contributed by atoms with Crippen molar-refractivity contribution in [1.82, 2.24) is 9.97 Å². The third-order valence-corrected chi connectivity index (χ3v) is 5.60. The van der Waals surface area contributed by atoms with E-state index in [1.54, 1.807) is 30.7 Å². The van der Waals surface area contributed by atoms with E-state index >= 15 is 0 Å². The van der Waals surface area contributed by atoms with Crippen LogP contribution in [0.1, 0.15) is 22.4 Å². The second kappa shape index (κ2) is 7.50. The van der Waals surface area contributed by atoms with Crippen LogP contribution < -0.4 is 0 Å². The fourth-order valence-corrected chi connectivity index (χ4v) is 3.98. The minimum Gasteiger partial charge on any atom is -0.505 e. The lowest BCUT2D eigenvalue weighted by Gasteiger charge is -2.07. The first kappa shape index (κ1) is 18.3. The number of nitrogens with zero attached hydrogens (tertiary/aromatic N) is 3. The lowest BCUT2D eigenvalue weighted by molar-refractivity contribution is 0.280. The Hall–Kier alpha value is -3.09. The first-order valence-corrected chi connectivity index (χ1v) is 9.67. The van der Waals surface area contributed by atoms with Gasteiger partial charge in [-0.1, -0.05) is 6.07 Å². The Balaban J connectivity index is 1.61. The summed E-state index contributed by atoms with van der Waals surface area (Å²) in [5.74, 6) is 0.0386. The van der Waals surface area contributed by atoms with Crippen LogP contribution in [0.4, 0.5) is 5.69 Å². The van der Waals surface area contributed by atoms with E-state index in [2.05, 4.69) is 29.0 Å². The van der Waals surface area contributed by atoms with Gasteiger partial charge in [0.25, 0.3) is 0 Å². The van der Waals surface area contributed by atoms with Gasteiger partial charge in [0.1, 0.15) is 10.8 Å². The van der Waals surface area contributed by atoms with Crippen LogP contribution in [-0.4, -0.2) is 26.4 Å². The van der Waals surface area contributed by atoms with E-state index in [4.69, 9.17) is 4.98 Å². The molecular formula is C22H19N3O2S. The van der Waals surface area contributed by atoms with Gasteiger partial charge in [0, 0.05) is 29.1 Å². The molecule has 0 atom stereocenters. The number of benzene rings is 2. The van der Waals surface area contributed by atoms with Crippen molar-refractivity contribution < 1.29 is 10.2 Å². The highest BCUT2D eigenvalue weighted by Gasteiger charge is 2.10. The van der Waals surface area contributed by atoms with E-state index in [1.807, 2.05) is 30.3 Å². The molecule has 2 aromatic heterocycles. The number of fused-ring (bicyclic) bond motifs is 1. The van der Waals surface area contributed by atoms with E-state index in [1.165, 1.54) is 10.3 Å². The minimum absolute atomic E-state index is 0.0386. The Kier molecular flexibility index (Phi) is 4.90. The summed E-state index contributed by atoms with van der Waals surface area (Å²) < 4.78 is 1.18. The van der Waals surface area contributed by atoms with Crippen LogP contribution >= 0.6 is 11.3 Å². The van der Waals surface area contributed by atoms with Crippen molar-refractivity contribution in [1.29, 1.82) is 0 Å². The van der Waals surface area contributed by atoms with Gasteiger partial charge in [-0.15, -0.1) is 11.3 Å². The summed E-state index contributed by atoms with van der Waals surface area (Å²) in [6.07, 6.45) is 3.11. The lowest BCUT2D eigenvalue weighted by Crippen LogP contribution is -1.97. The number of aromatic nitrogens is 2. The Morgan fingerprint density at radius 1 is 1.11 bits per heavy atom. The molecule has 0 saturated carbocycles. The number of aliphatic imine (C=N–C) groups is 1. The summed E-state index contributed by atoms with van der Waals surface area (Å²) in [6.45, 7) is 3.58. The number of aliphatic hydroxyl groups is 1. The maximum atomic E-state index is 10.2. The average molecular weight is 389 g/mol. The van der Waals surface area contributed by atoms with Crippen molar-refractivity contribution in [2.24, 2.45) is 4.99 Å². The summed E-state index contributed by atoms with van der Waals surface area (Å²) >= 11 is 1.67. The molecule has 0 fully saturated rings. The lowest BCUT2D eigenvalue weighted by atomic mass is 10.1. The molecule has 6 heteroatoms. The summed E-state index contributed by atoms with van der Waals surface area (Å²) in [5.41, 5.74) is 5.54. The largest absolute Gasteiger partial charge is 0.505 e. The SMILES string of the molecule is Cc1ccc2nc(-c3ccc(N=Cc4c(CO)cnc(C)c4O)cc3)sc2c1. The summed E-state index contributed by atoms with van der Waals surface area (Å²) in [4.78, 5) is 13.2. The molecule has 2 heterocycles. The van der Waals surface area contributed by atoms with Gasteiger partial charge in [0.05, 0.1) is 28.2 Å². The fraction of sp³-hybridized carbons (Fsp3) is 0.136. The third kappa shape index (κ3) is 3.52. The molecule has 0 saturated heterocycles. The summed E-state index contributed by atoms with van der Waals surface area (Å²) in [5, 5.41) is 20.6. The van der Waals surface area contributed by atoms with Crippen LogP contribution in [0.3, 0.4) is 0 Å². The molecule has 0 amide bonds. The molecule has 5 nitrogen and oxygen atoms in total. The van der Waals surface area contributed by atoms with Gasteiger partial charge in [0.2, 0.25) is 0 Å². The molecule has 0 unspecified atom stereocenters. The fourth-order valence-electron chi connectivity index (χ4n) is 2.91. The van der Waals surface area contributed by atoms with Crippen molar-refractivity contribution in [2.75, 3.05) is 0 Å². The number of hydrogen-bond donors (Lipinski definition) is 2. The van der Waals surface area contributed by atoms with E-state index in [-0.39, 0.29) is 12.4 Å². The molecule has 2 aromatic carbocycles. The molecule has 0 bridgehead atoms. The smallest absolute Gasteiger partial charge is 0.145 e. The van der Waals surface area contributed by atoms with Gasteiger partial charge < -0.3 is 10.2 Å². The summed E-state index contributed by atoms with van der Waals surface area (Å²) in [7, 11) is 0. The average Bonchev–Trinajstić information content (AvgIpc) is 3.12. The predicted octanol–water partition coefficient (Wildman–Crippen LogP) is 4.92. The van der Waals surface area contributed by atoms with Crippen molar-refractivity contribution >= 4 is 33.5 Å². The molecule has 0 spiro atoms. The van der Waals surface area contributed by atoms with Gasteiger partial charge in [0.15, 0.2) is 0 Å². The highest BCUT2D eigenvalue weighted by Crippen LogP contribution is 2.31. The standard InChI is InChI=1S/C22H19N3O2S/c1-13-3-8-19-20(9-13)28-22(25-19)15-4-6-17(7-5-15)24-11-18-16(12-26)10-23-14(2)21(18)27/h3-11,26-27H,12H2,1-2H3. The second-order valence-electron chi connectivity index (χ2n) is 6.58. The maximum absolute atomic E-state index is 10.2. The molecule has 140 valence electrons. The third-order valence-electron chi connectivity index (χ3n) is 4.53. The number of thiazole rings is 1. The minimum atomic E-state index is -0.210. The highest BCUT2D eigenvalue weighted by atomic mass is 32.1. The van der Waals surface area contributed by atoms with Crippen molar-refractivity contribution in [2.45, 2.75) is 20.5 Å². The van der Waals surface area contributed by atoms with Gasteiger partial charge in [-0.05, 0) is 55.8 Å². The molecule has 4 rings (SSSR count). The van der Waals surface area contributed by atoms with Crippen molar-refractivity contribution in [3.05, 3.63) is 71.0 Å². The number of aromatic hydroxyl groups is 1. The first-order chi connectivity index (χ1) is 13.5. The Morgan fingerprint density at radius 2 is 1.89 bits per heavy atom. The van der Waals surface area contributed by atoms with Crippen LogP contribution in [0.15, 0.2) is 53.7 Å². The normalized spacial score (nSPS) is 11.5. The van der Waals surface area contributed by atoms with Crippen LogP contribution in [0.2, 0.25) is 0 Å². The molecular weight excluding hydrogens is 370 g/mol. The molecule has 28 heavy (non-hydrogen) atoms. The Labute approximate surface area is 166 Å². The van der Waals surface area contributed by atoms with E-state index in [9.17, 15) is 10.2 Å². The number of aliphatic hydroxyl groups excluding tert-OH is 1. The topological polar surface area (TPSA) is 78.6 Å². The second-order valence-corrected chi connectivity index (χ2v) is 7.62. The van der Waals surface area contributed by atoms with Crippen molar-refractivity contribution in [3.63, 3.8) is 0 Å². The van der Waals surface area contributed by atoms with E-state index < -0.39 is 0 Å². The molecule has 0 aliphatic rings. The zero-order valence-corrected chi connectivity index (χ0v) is 16.4. The van der Waals surface area contributed by atoms with E-state index in [0.29, 0.717) is 16.8 Å². The molecule has 0 aliphatic heterocycles. The zero-order chi connectivity index (χ0) is 19.7. The Morgan fingerprint density at radius 3 is 2.64 bits per heavy atom. The zero-order valence-electron chi connectivity index (χ0n) is 15.5. The van der Waals surface area contributed by atoms with Gasteiger partial charge in [-0.2, -0.15) is 0 Å². The van der Waals surface area contributed by atoms with Crippen LogP contribution in [-0.2, 0) is 6.61 Å². The van der Waals surface area contributed by atoms with Gasteiger partial charge in [-0.3, -0.25) is 9.98 Å². The van der Waals surface area contributed by atoms with Gasteiger partial charge >= 0.3 is 0 Å². The number of aryl methyl sites for hydroxylation is 2. The number of rotatable bonds is 4. The van der Waals surface area contributed by atoms with Crippen LogP contribution in [0, 0.1) is 13.8 Å². The quantitative estimate of drug-likeness (QED) is 0.486. The molecule has 0 aliphatic carbocycles. The molecule has 2 N–H and O–H groups in total.